The van der Waals surface area contributed by atoms with E-state index < -0.39 is 5.60 Å². The molecule has 0 aliphatic rings. The van der Waals surface area contributed by atoms with Crippen molar-refractivity contribution in [2.45, 2.75) is 73.1 Å². The van der Waals surface area contributed by atoms with Gasteiger partial charge in [-0.05, 0) is 47.0 Å². The number of aryl methyl sites for hydroxylation is 2. The van der Waals surface area contributed by atoms with Crippen molar-refractivity contribution in [3.63, 3.8) is 0 Å². The van der Waals surface area contributed by atoms with Crippen molar-refractivity contribution in [1.29, 1.82) is 0 Å². The first-order valence-electron chi connectivity index (χ1n) is 9.77. The molecule has 8 heteroatoms. The van der Waals surface area contributed by atoms with Gasteiger partial charge >= 0.3 is 6.09 Å². The third-order valence-electron chi connectivity index (χ3n) is 4.33. The lowest BCUT2D eigenvalue weighted by molar-refractivity contribution is 0.0485. The molecule has 1 atom stereocenters. The van der Waals surface area contributed by atoms with Gasteiger partial charge in [-0.1, -0.05) is 13.8 Å². The number of ether oxygens (including phenoxy) is 1. The van der Waals surface area contributed by atoms with Gasteiger partial charge in [-0.3, -0.25) is 4.99 Å². The van der Waals surface area contributed by atoms with Gasteiger partial charge in [0.05, 0.1) is 12.2 Å². The van der Waals surface area contributed by atoms with Crippen LogP contribution in [0, 0.1) is 19.8 Å². The number of hydrogen-bond donors (Lipinski definition) is 2. The lowest BCUT2D eigenvalue weighted by Crippen LogP contribution is -2.45. The van der Waals surface area contributed by atoms with Crippen LogP contribution < -0.4 is 10.6 Å². The zero-order chi connectivity index (χ0) is 21.5. The molecule has 0 saturated heterocycles. The Kier molecular flexibility index (Phi) is 8.78. The summed E-state index contributed by atoms with van der Waals surface area (Å²) in [6.45, 7) is 14.8. The molecule has 0 saturated carbocycles. The molecule has 0 aromatic carbocycles. The van der Waals surface area contributed by atoms with Crippen molar-refractivity contribution in [1.82, 2.24) is 20.5 Å². The number of carbonyl (C=O) groups excluding carboxylic acids is 1. The summed E-state index contributed by atoms with van der Waals surface area (Å²) in [5.74, 6) is 2.49. The minimum atomic E-state index is -0.509. The number of aromatic nitrogens is 1. The van der Waals surface area contributed by atoms with Crippen molar-refractivity contribution in [2.75, 3.05) is 20.6 Å². The average molecular weight is 396 g/mol. The van der Waals surface area contributed by atoms with Crippen LogP contribution in [-0.2, 0) is 11.3 Å². The highest BCUT2D eigenvalue weighted by molar-refractivity contribution is 5.79. The van der Waals surface area contributed by atoms with Gasteiger partial charge in [0.25, 0.3) is 0 Å². The van der Waals surface area contributed by atoms with E-state index >= 15 is 0 Å². The zero-order valence-electron chi connectivity index (χ0n) is 18.8. The van der Waals surface area contributed by atoms with Gasteiger partial charge in [0.15, 0.2) is 5.96 Å². The van der Waals surface area contributed by atoms with Crippen LogP contribution in [0.5, 0.6) is 0 Å². The Bertz CT molecular complexity index is 642. The molecule has 28 heavy (non-hydrogen) atoms. The predicted octanol–water partition coefficient (Wildman–Crippen LogP) is 3.24. The van der Waals surface area contributed by atoms with Gasteiger partial charge in [-0.15, -0.1) is 0 Å². The Balaban J connectivity index is 2.56. The Hall–Kier alpha value is -2.25. The number of nitrogens with zero attached hydrogens (tertiary/aromatic N) is 3. The predicted molar refractivity (Wildman–Crippen MR) is 111 cm³/mol. The van der Waals surface area contributed by atoms with Crippen molar-refractivity contribution in [2.24, 2.45) is 10.9 Å². The minimum Gasteiger partial charge on any atom is -0.444 e. The van der Waals surface area contributed by atoms with E-state index in [9.17, 15) is 4.79 Å². The second kappa shape index (κ2) is 10.3. The molecule has 1 aromatic heterocycles. The fraction of sp³-hybridized carbons (Fsp3) is 0.750. The smallest absolute Gasteiger partial charge is 0.407 e. The summed E-state index contributed by atoms with van der Waals surface area (Å²) in [6, 6.07) is 0.00689. The fourth-order valence-corrected chi connectivity index (χ4v) is 2.62. The Morgan fingerprint density at radius 1 is 1.32 bits per heavy atom. The lowest BCUT2D eigenvalue weighted by Gasteiger charge is -2.28. The van der Waals surface area contributed by atoms with Crippen LogP contribution in [0.2, 0.25) is 0 Å². The van der Waals surface area contributed by atoms with E-state index in [1.165, 1.54) is 0 Å². The van der Waals surface area contributed by atoms with Crippen molar-refractivity contribution in [3.05, 3.63) is 17.3 Å². The highest BCUT2D eigenvalue weighted by Gasteiger charge is 2.22. The summed E-state index contributed by atoms with van der Waals surface area (Å²) in [5, 5.41) is 6.24. The summed E-state index contributed by atoms with van der Waals surface area (Å²) in [6.07, 6.45) is 0.386. The minimum absolute atomic E-state index is 0.00689. The first-order valence-corrected chi connectivity index (χ1v) is 9.77. The molecular weight excluding hydrogens is 358 g/mol. The Morgan fingerprint density at radius 3 is 2.43 bits per heavy atom. The highest BCUT2D eigenvalue weighted by atomic mass is 16.6. The van der Waals surface area contributed by atoms with E-state index in [0.717, 1.165) is 30.4 Å². The number of rotatable bonds is 7. The van der Waals surface area contributed by atoms with Gasteiger partial charge in [-0.25, -0.2) is 9.78 Å². The van der Waals surface area contributed by atoms with Gasteiger partial charge in [-0.2, -0.15) is 0 Å². The number of hydrogen-bond acceptors (Lipinski definition) is 5. The molecule has 1 aromatic rings. The number of amides is 1. The Morgan fingerprint density at radius 2 is 1.96 bits per heavy atom. The average Bonchev–Trinajstić information content (AvgIpc) is 2.88. The number of aliphatic imine (C=N–C) groups is 1. The SMILES string of the molecule is CN=C(NCc1nc(C)c(C)o1)N(C)CCC(NC(=O)OC(C)(C)C)C(C)C. The normalized spacial score (nSPS) is 13.4. The largest absolute Gasteiger partial charge is 0.444 e. The van der Waals surface area contributed by atoms with Crippen LogP contribution in [0.3, 0.4) is 0 Å². The molecule has 8 nitrogen and oxygen atoms in total. The van der Waals surface area contributed by atoms with E-state index in [-0.39, 0.29) is 18.1 Å². The first kappa shape index (κ1) is 23.8. The van der Waals surface area contributed by atoms with Gasteiger partial charge < -0.3 is 24.7 Å². The van der Waals surface area contributed by atoms with E-state index in [1.807, 2.05) is 46.6 Å². The molecule has 0 radical (unpaired) electrons. The number of carbonyl (C=O) groups is 1. The Labute approximate surface area is 169 Å². The van der Waals surface area contributed by atoms with Crippen LogP contribution in [0.4, 0.5) is 4.79 Å². The van der Waals surface area contributed by atoms with E-state index in [4.69, 9.17) is 9.15 Å². The highest BCUT2D eigenvalue weighted by Crippen LogP contribution is 2.11. The second-order valence-electron chi connectivity index (χ2n) is 8.36. The summed E-state index contributed by atoms with van der Waals surface area (Å²) < 4.78 is 11.0. The summed E-state index contributed by atoms with van der Waals surface area (Å²) in [7, 11) is 3.70. The topological polar surface area (TPSA) is 92.0 Å². The third kappa shape index (κ3) is 8.19. The van der Waals surface area contributed by atoms with Crippen molar-refractivity contribution in [3.8, 4) is 0 Å². The van der Waals surface area contributed by atoms with Gasteiger partial charge in [0.2, 0.25) is 5.89 Å². The lowest BCUT2D eigenvalue weighted by atomic mass is 10.0. The molecule has 1 heterocycles. The summed E-state index contributed by atoms with van der Waals surface area (Å²) in [5.41, 5.74) is 0.387. The molecule has 0 aliphatic heterocycles. The maximum atomic E-state index is 12.1. The molecule has 1 rings (SSSR count). The number of nitrogens with one attached hydrogen (secondary N) is 2. The van der Waals surface area contributed by atoms with E-state index in [0.29, 0.717) is 12.4 Å². The molecule has 1 amide bonds. The van der Waals surface area contributed by atoms with E-state index in [2.05, 4.69) is 34.5 Å². The second-order valence-corrected chi connectivity index (χ2v) is 8.36. The monoisotopic (exact) mass is 395 g/mol. The quantitative estimate of drug-likeness (QED) is 0.544. The van der Waals surface area contributed by atoms with Crippen LogP contribution in [0.15, 0.2) is 9.41 Å². The van der Waals surface area contributed by atoms with Crippen LogP contribution in [0.25, 0.3) is 0 Å². The van der Waals surface area contributed by atoms with Crippen molar-refractivity contribution < 1.29 is 13.9 Å². The maximum Gasteiger partial charge on any atom is 0.407 e. The summed E-state index contributed by atoms with van der Waals surface area (Å²) in [4.78, 5) is 22.8. The van der Waals surface area contributed by atoms with Crippen LogP contribution >= 0.6 is 0 Å². The van der Waals surface area contributed by atoms with Crippen molar-refractivity contribution >= 4 is 12.1 Å². The molecule has 2 N–H and O–H groups in total. The zero-order valence-corrected chi connectivity index (χ0v) is 18.8. The van der Waals surface area contributed by atoms with Crippen LogP contribution in [0.1, 0.15) is 58.4 Å². The molecule has 0 bridgehead atoms. The third-order valence-corrected chi connectivity index (χ3v) is 4.33. The first-order chi connectivity index (χ1) is 12.9. The molecule has 160 valence electrons. The van der Waals surface area contributed by atoms with Crippen LogP contribution in [-0.4, -0.2) is 54.2 Å². The molecular formula is C20H37N5O3. The molecule has 0 spiro atoms. The maximum absolute atomic E-state index is 12.1. The standard InChI is InChI=1S/C20H37N5O3/c1-13(2)16(24-19(26)28-20(5,6)7)10-11-25(9)18(21-8)22-12-17-23-14(3)15(4)27-17/h13,16H,10-12H2,1-9H3,(H,21,22)(H,24,26). The summed E-state index contributed by atoms with van der Waals surface area (Å²) >= 11 is 0. The molecule has 1 unspecified atom stereocenters. The fourth-order valence-electron chi connectivity index (χ4n) is 2.62. The number of alkyl carbamates (subject to hydrolysis) is 1. The molecule has 0 aliphatic carbocycles. The molecule has 0 fully saturated rings. The van der Waals surface area contributed by atoms with E-state index in [1.54, 1.807) is 7.05 Å². The number of guanidine groups is 1. The van der Waals surface area contributed by atoms with Gasteiger partial charge in [0.1, 0.15) is 11.4 Å². The van der Waals surface area contributed by atoms with Gasteiger partial charge in [0, 0.05) is 26.7 Å². The number of oxazole rings is 1.